The van der Waals surface area contributed by atoms with Crippen LogP contribution in [0.1, 0.15) is 37.0 Å². The van der Waals surface area contributed by atoms with Gasteiger partial charge in [0.05, 0.1) is 17.7 Å². The van der Waals surface area contributed by atoms with Crippen molar-refractivity contribution in [3.8, 4) is 5.75 Å². The summed E-state index contributed by atoms with van der Waals surface area (Å²) in [4.78, 5) is 28.6. The van der Waals surface area contributed by atoms with Crippen molar-refractivity contribution in [2.24, 2.45) is 0 Å². The Bertz CT molecular complexity index is 1370. The summed E-state index contributed by atoms with van der Waals surface area (Å²) in [5.74, 6) is -0.205. The molecule has 0 saturated heterocycles. The lowest BCUT2D eigenvalue weighted by Crippen LogP contribution is -2.52. The molecule has 0 spiro atoms. The average molecular weight is 552 g/mol. The molecule has 1 unspecified atom stereocenters. The van der Waals surface area contributed by atoms with E-state index in [-0.39, 0.29) is 17.3 Å². The smallest absolute Gasteiger partial charge is 0.264 e. The molecule has 0 aliphatic heterocycles. The second kappa shape index (κ2) is 13.3. The third-order valence-corrected chi connectivity index (χ3v) is 8.38. The van der Waals surface area contributed by atoms with Crippen LogP contribution in [0.15, 0.2) is 77.7 Å². The Morgan fingerprint density at radius 2 is 1.56 bits per heavy atom. The van der Waals surface area contributed by atoms with Crippen molar-refractivity contribution in [1.82, 2.24) is 10.2 Å². The van der Waals surface area contributed by atoms with Crippen molar-refractivity contribution in [3.63, 3.8) is 0 Å². The van der Waals surface area contributed by atoms with Gasteiger partial charge in [0.2, 0.25) is 11.8 Å². The van der Waals surface area contributed by atoms with E-state index >= 15 is 0 Å². The Morgan fingerprint density at radius 3 is 2.13 bits per heavy atom. The highest BCUT2D eigenvalue weighted by Crippen LogP contribution is 2.27. The van der Waals surface area contributed by atoms with Crippen LogP contribution in [-0.2, 0) is 26.2 Å². The monoisotopic (exact) mass is 551 g/mol. The zero-order valence-corrected chi connectivity index (χ0v) is 24.0. The van der Waals surface area contributed by atoms with Crippen LogP contribution in [0.4, 0.5) is 5.69 Å². The maximum absolute atomic E-state index is 14.0. The van der Waals surface area contributed by atoms with Crippen LogP contribution in [0.2, 0.25) is 0 Å². The lowest BCUT2D eigenvalue weighted by Gasteiger charge is -2.33. The first-order chi connectivity index (χ1) is 18.6. The van der Waals surface area contributed by atoms with E-state index in [1.807, 2.05) is 52.0 Å². The molecule has 0 heterocycles. The van der Waals surface area contributed by atoms with Gasteiger partial charge in [0.15, 0.2) is 0 Å². The van der Waals surface area contributed by atoms with Crippen LogP contribution in [0.3, 0.4) is 0 Å². The SMILES string of the molecule is CCNC(=O)C(CC)N(Cc1ccccc1C)C(=O)CN(c1ccc(OC)cc1)S(=O)(=O)c1ccc(C)cc1. The van der Waals surface area contributed by atoms with E-state index in [2.05, 4.69) is 5.32 Å². The average Bonchev–Trinajstić information content (AvgIpc) is 2.93. The van der Waals surface area contributed by atoms with Crippen LogP contribution in [0, 0.1) is 13.8 Å². The molecule has 0 bridgehead atoms. The number of ether oxygens (including phenoxy) is 1. The van der Waals surface area contributed by atoms with E-state index in [4.69, 9.17) is 4.74 Å². The third-order valence-electron chi connectivity index (χ3n) is 6.59. The van der Waals surface area contributed by atoms with Crippen LogP contribution < -0.4 is 14.4 Å². The number of hydrogen-bond acceptors (Lipinski definition) is 5. The number of amides is 2. The number of anilines is 1. The minimum Gasteiger partial charge on any atom is -0.497 e. The lowest BCUT2D eigenvalue weighted by molar-refractivity contribution is -0.140. The fourth-order valence-electron chi connectivity index (χ4n) is 4.30. The summed E-state index contributed by atoms with van der Waals surface area (Å²) >= 11 is 0. The Morgan fingerprint density at radius 1 is 0.923 bits per heavy atom. The van der Waals surface area contributed by atoms with E-state index in [9.17, 15) is 18.0 Å². The normalized spacial score (nSPS) is 11.9. The highest BCUT2D eigenvalue weighted by Gasteiger charge is 2.33. The first kappa shape index (κ1) is 29.7. The summed E-state index contributed by atoms with van der Waals surface area (Å²) in [5, 5.41) is 2.81. The summed E-state index contributed by atoms with van der Waals surface area (Å²) in [6.07, 6.45) is 0.372. The molecule has 208 valence electrons. The Kier molecular flexibility index (Phi) is 10.1. The molecular weight excluding hydrogens is 514 g/mol. The molecule has 0 aromatic heterocycles. The van der Waals surface area contributed by atoms with Gasteiger partial charge >= 0.3 is 0 Å². The van der Waals surface area contributed by atoms with E-state index in [1.165, 1.54) is 24.1 Å². The van der Waals surface area contributed by atoms with Gasteiger partial charge in [-0.3, -0.25) is 13.9 Å². The molecule has 2 amide bonds. The van der Waals surface area contributed by atoms with Gasteiger partial charge < -0.3 is 15.0 Å². The fourth-order valence-corrected chi connectivity index (χ4v) is 5.71. The number of carbonyl (C=O) groups is 2. The summed E-state index contributed by atoms with van der Waals surface area (Å²) in [7, 11) is -2.60. The Hall–Kier alpha value is -3.85. The molecule has 0 radical (unpaired) electrons. The summed E-state index contributed by atoms with van der Waals surface area (Å²) in [5.41, 5.74) is 3.08. The van der Waals surface area contributed by atoms with Crippen LogP contribution >= 0.6 is 0 Å². The largest absolute Gasteiger partial charge is 0.497 e. The van der Waals surface area contributed by atoms with Gasteiger partial charge in [-0.1, -0.05) is 48.9 Å². The number of nitrogens with zero attached hydrogens (tertiary/aromatic N) is 2. The van der Waals surface area contributed by atoms with Gasteiger partial charge in [0.25, 0.3) is 10.0 Å². The summed E-state index contributed by atoms with van der Waals surface area (Å²) in [6.45, 7) is 7.57. The number of likely N-dealkylation sites (N-methyl/N-ethyl adjacent to an activating group) is 1. The Balaban J connectivity index is 2.07. The maximum atomic E-state index is 14.0. The molecule has 3 rings (SSSR count). The first-order valence-electron chi connectivity index (χ1n) is 13.0. The number of aryl methyl sites for hydroxylation is 2. The van der Waals surface area contributed by atoms with Gasteiger partial charge in [-0.15, -0.1) is 0 Å². The molecular formula is C30H37N3O5S. The molecule has 0 aliphatic rings. The molecule has 0 fully saturated rings. The van der Waals surface area contributed by atoms with Gasteiger partial charge in [0.1, 0.15) is 18.3 Å². The molecule has 8 nitrogen and oxygen atoms in total. The molecule has 1 atom stereocenters. The number of benzene rings is 3. The number of carbonyl (C=O) groups excluding carboxylic acids is 2. The van der Waals surface area contributed by atoms with Crippen molar-refractivity contribution in [3.05, 3.63) is 89.5 Å². The second-order valence-electron chi connectivity index (χ2n) is 9.29. The molecule has 1 N–H and O–H groups in total. The van der Waals surface area contributed by atoms with E-state index in [1.54, 1.807) is 36.4 Å². The zero-order chi connectivity index (χ0) is 28.6. The van der Waals surface area contributed by atoms with Crippen molar-refractivity contribution in [1.29, 1.82) is 0 Å². The number of methoxy groups -OCH3 is 1. The molecule has 0 saturated carbocycles. The summed E-state index contributed by atoms with van der Waals surface area (Å²) in [6, 6.07) is 19.8. The van der Waals surface area contributed by atoms with Gasteiger partial charge in [-0.25, -0.2) is 8.42 Å². The van der Waals surface area contributed by atoms with Crippen LogP contribution in [-0.4, -0.2) is 51.4 Å². The first-order valence-corrected chi connectivity index (χ1v) is 14.4. The predicted octanol–water partition coefficient (Wildman–Crippen LogP) is 4.45. The van der Waals surface area contributed by atoms with Crippen molar-refractivity contribution in [2.45, 2.75) is 51.6 Å². The van der Waals surface area contributed by atoms with E-state index in [0.717, 1.165) is 21.0 Å². The second-order valence-corrected chi connectivity index (χ2v) is 11.2. The van der Waals surface area contributed by atoms with E-state index in [0.29, 0.717) is 24.4 Å². The quantitative estimate of drug-likeness (QED) is 0.359. The van der Waals surface area contributed by atoms with Crippen LogP contribution in [0.25, 0.3) is 0 Å². The van der Waals surface area contributed by atoms with Crippen molar-refractivity contribution in [2.75, 3.05) is 24.5 Å². The number of rotatable bonds is 12. The topological polar surface area (TPSA) is 96.0 Å². The highest BCUT2D eigenvalue weighted by atomic mass is 32.2. The molecule has 0 aliphatic carbocycles. The molecule has 39 heavy (non-hydrogen) atoms. The van der Waals surface area contributed by atoms with Gasteiger partial charge in [-0.05, 0) is 74.7 Å². The zero-order valence-electron chi connectivity index (χ0n) is 23.2. The maximum Gasteiger partial charge on any atom is 0.264 e. The number of nitrogens with one attached hydrogen (secondary N) is 1. The minimum absolute atomic E-state index is 0.0675. The van der Waals surface area contributed by atoms with Crippen molar-refractivity contribution >= 4 is 27.5 Å². The molecule has 9 heteroatoms. The number of sulfonamides is 1. The molecule has 3 aromatic rings. The van der Waals surface area contributed by atoms with E-state index < -0.39 is 28.5 Å². The Labute approximate surface area is 231 Å². The predicted molar refractivity (Wildman–Crippen MR) is 153 cm³/mol. The minimum atomic E-state index is -4.12. The molecule has 3 aromatic carbocycles. The number of hydrogen-bond donors (Lipinski definition) is 1. The van der Waals surface area contributed by atoms with Crippen LogP contribution in [0.5, 0.6) is 5.75 Å². The standard InChI is InChI=1S/C30H37N3O5S/c1-6-28(30(35)31-7-2)32(20-24-11-9-8-10-23(24)4)29(34)21-33(25-14-16-26(38-5)17-15-25)39(36,37)27-18-12-22(3)13-19-27/h8-19,28H,6-7,20-21H2,1-5H3,(H,31,35). The van der Waals surface area contributed by atoms with Gasteiger partial charge in [0, 0.05) is 13.1 Å². The highest BCUT2D eigenvalue weighted by molar-refractivity contribution is 7.92. The lowest BCUT2D eigenvalue weighted by atomic mass is 10.1. The van der Waals surface area contributed by atoms with Gasteiger partial charge in [-0.2, -0.15) is 0 Å². The van der Waals surface area contributed by atoms with Crippen molar-refractivity contribution < 1.29 is 22.7 Å². The summed E-state index contributed by atoms with van der Waals surface area (Å²) < 4.78 is 34.1. The fraction of sp³-hybridized carbons (Fsp3) is 0.333. The third kappa shape index (κ3) is 7.17.